The van der Waals surface area contributed by atoms with Crippen LogP contribution in [0.5, 0.6) is 0 Å². The van der Waals surface area contributed by atoms with Crippen LogP contribution >= 0.6 is 11.6 Å². The number of benzene rings is 1. The lowest BCUT2D eigenvalue weighted by Crippen LogP contribution is -2.15. The van der Waals surface area contributed by atoms with Crippen molar-refractivity contribution in [3.8, 4) is 0 Å². The van der Waals surface area contributed by atoms with Crippen LogP contribution in [0.25, 0.3) is 11.0 Å². The van der Waals surface area contributed by atoms with Crippen molar-refractivity contribution < 1.29 is 0 Å². The first-order valence-corrected chi connectivity index (χ1v) is 8.35. The molecule has 6 heteroatoms. The zero-order chi connectivity index (χ0) is 15.6. The van der Waals surface area contributed by atoms with Crippen LogP contribution in [-0.2, 0) is 6.54 Å². The third-order valence-electron chi connectivity index (χ3n) is 4.41. The minimum absolute atomic E-state index is 0.514. The molecule has 0 spiro atoms. The van der Waals surface area contributed by atoms with E-state index in [9.17, 15) is 0 Å². The van der Waals surface area contributed by atoms with E-state index >= 15 is 0 Å². The average molecular weight is 328 g/mol. The lowest BCUT2D eigenvalue weighted by molar-refractivity contribution is 0.703. The molecular weight excluding hydrogens is 310 g/mol. The highest BCUT2D eigenvalue weighted by atomic mass is 35.5. The fourth-order valence-corrected chi connectivity index (χ4v) is 3.37. The monoisotopic (exact) mass is 327 g/mol. The van der Waals surface area contributed by atoms with Crippen LogP contribution < -0.4 is 5.32 Å². The number of rotatable bonds is 4. The molecule has 0 amide bonds. The van der Waals surface area contributed by atoms with Gasteiger partial charge in [0.15, 0.2) is 5.65 Å². The van der Waals surface area contributed by atoms with Gasteiger partial charge in [-0.2, -0.15) is 5.10 Å². The number of hydrogen-bond donors (Lipinski definition) is 1. The van der Waals surface area contributed by atoms with Gasteiger partial charge in [-0.15, -0.1) is 0 Å². The van der Waals surface area contributed by atoms with Gasteiger partial charge in [0, 0.05) is 11.1 Å². The molecule has 5 nitrogen and oxygen atoms in total. The molecule has 0 unspecified atom stereocenters. The zero-order valence-corrected chi connectivity index (χ0v) is 13.5. The number of nitrogens with one attached hydrogen (secondary N) is 1. The largest absolute Gasteiger partial charge is 0.367 e. The van der Waals surface area contributed by atoms with Crippen LogP contribution in [0.4, 0.5) is 5.82 Å². The Morgan fingerprint density at radius 2 is 2.00 bits per heavy atom. The summed E-state index contributed by atoms with van der Waals surface area (Å²) in [4.78, 5) is 8.82. The molecule has 0 radical (unpaired) electrons. The molecule has 0 aliphatic heterocycles. The van der Waals surface area contributed by atoms with Gasteiger partial charge in [0.05, 0.1) is 18.1 Å². The van der Waals surface area contributed by atoms with Crippen molar-refractivity contribution >= 4 is 28.5 Å². The van der Waals surface area contributed by atoms with Gasteiger partial charge in [-0.1, -0.05) is 42.6 Å². The normalized spacial score (nSPS) is 15.3. The number of fused-ring (bicyclic) bond motifs is 1. The second-order valence-electron chi connectivity index (χ2n) is 5.98. The molecule has 23 heavy (non-hydrogen) atoms. The van der Waals surface area contributed by atoms with Crippen molar-refractivity contribution in [1.82, 2.24) is 19.7 Å². The molecule has 0 bridgehead atoms. The summed E-state index contributed by atoms with van der Waals surface area (Å²) in [6, 6.07) is 8.33. The number of hydrogen-bond acceptors (Lipinski definition) is 4. The van der Waals surface area contributed by atoms with Crippen LogP contribution in [0.3, 0.4) is 0 Å². The minimum atomic E-state index is 0.514. The molecule has 2 heterocycles. The smallest absolute Gasteiger partial charge is 0.163 e. The summed E-state index contributed by atoms with van der Waals surface area (Å²) in [7, 11) is 0. The van der Waals surface area contributed by atoms with E-state index in [-0.39, 0.29) is 0 Å². The van der Waals surface area contributed by atoms with Crippen molar-refractivity contribution in [3.05, 3.63) is 47.4 Å². The fourth-order valence-electron chi connectivity index (χ4n) is 3.18. The summed E-state index contributed by atoms with van der Waals surface area (Å²) >= 11 is 6.25. The second-order valence-corrected chi connectivity index (χ2v) is 6.39. The third-order valence-corrected chi connectivity index (χ3v) is 4.78. The average Bonchev–Trinajstić information content (AvgIpc) is 3.20. The van der Waals surface area contributed by atoms with E-state index < -0.39 is 0 Å². The number of nitrogens with zero attached hydrogens (tertiary/aromatic N) is 4. The van der Waals surface area contributed by atoms with Gasteiger partial charge in [0.1, 0.15) is 12.1 Å². The predicted molar refractivity (Wildman–Crippen MR) is 91.8 cm³/mol. The first-order valence-electron chi connectivity index (χ1n) is 7.98. The van der Waals surface area contributed by atoms with Gasteiger partial charge in [-0.3, -0.25) is 0 Å². The van der Waals surface area contributed by atoms with E-state index in [2.05, 4.69) is 20.4 Å². The Labute approximate surface area is 139 Å². The second kappa shape index (κ2) is 6.16. The van der Waals surface area contributed by atoms with E-state index in [1.165, 1.54) is 25.7 Å². The molecule has 0 atom stereocenters. The van der Waals surface area contributed by atoms with Gasteiger partial charge in [-0.25, -0.2) is 14.6 Å². The van der Waals surface area contributed by atoms with E-state index in [1.807, 2.05) is 35.1 Å². The summed E-state index contributed by atoms with van der Waals surface area (Å²) in [5.41, 5.74) is 1.86. The van der Waals surface area contributed by atoms with Gasteiger partial charge < -0.3 is 5.32 Å². The maximum atomic E-state index is 6.25. The molecule has 1 fully saturated rings. The molecule has 4 rings (SSSR count). The summed E-state index contributed by atoms with van der Waals surface area (Å²) in [5, 5.41) is 9.73. The Morgan fingerprint density at radius 3 is 2.83 bits per heavy atom. The van der Waals surface area contributed by atoms with Crippen LogP contribution in [-0.4, -0.2) is 25.8 Å². The topological polar surface area (TPSA) is 55.6 Å². The molecule has 3 aromatic rings. The zero-order valence-electron chi connectivity index (χ0n) is 12.7. The Kier molecular flexibility index (Phi) is 3.87. The van der Waals surface area contributed by atoms with Gasteiger partial charge in [-0.05, 0) is 24.5 Å². The number of halogens is 1. The number of anilines is 1. The SMILES string of the molecule is Clc1ccccc1Cn1ncc2c(NC3CCCC3)ncnc21. The molecule has 1 aliphatic carbocycles. The van der Waals surface area contributed by atoms with E-state index in [1.54, 1.807) is 6.33 Å². The maximum Gasteiger partial charge on any atom is 0.163 e. The molecule has 2 aromatic heterocycles. The molecular formula is C17H18ClN5. The quantitative estimate of drug-likeness (QED) is 0.790. The summed E-state index contributed by atoms with van der Waals surface area (Å²) in [6.07, 6.45) is 8.43. The van der Waals surface area contributed by atoms with Crippen molar-refractivity contribution in [2.45, 2.75) is 38.3 Å². The molecule has 1 aliphatic rings. The van der Waals surface area contributed by atoms with E-state index in [0.29, 0.717) is 12.6 Å². The molecule has 118 valence electrons. The Morgan fingerprint density at radius 1 is 1.17 bits per heavy atom. The van der Waals surface area contributed by atoms with E-state index in [4.69, 9.17) is 11.6 Å². The van der Waals surface area contributed by atoms with Crippen molar-refractivity contribution in [2.24, 2.45) is 0 Å². The highest BCUT2D eigenvalue weighted by Crippen LogP contribution is 2.26. The highest BCUT2D eigenvalue weighted by molar-refractivity contribution is 6.31. The van der Waals surface area contributed by atoms with Crippen LogP contribution in [0.1, 0.15) is 31.2 Å². The predicted octanol–water partition coefficient (Wildman–Crippen LogP) is 3.88. The molecule has 1 saturated carbocycles. The molecule has 1 aromatic carbocycles. The summed E-state index contributed by atoms with van der Waals surface area (Å²) in [6.45, 7) is 0.600. The fraction of sp³-hybridized carbons (Fsp3) is 0.353. The maximum absolute atomic E-state index is 6.25. The first kappa shape index (κ1) is 14.5. The van der Waals surface area contributed by atoms with Gasteiger partial charge in [0.25, 0.3) is 0 Å². The summed E-state index contributed by atoms with van der Waals surface area (Å²) in [5.74, 6) is 0.882. The first-order chi connectivity index (χ1) is 11.3. The van der Waals surface area contributed by atoms with Crippen LogP contribution in [0, 0.1) is 0 Å². The van der Waals surface area contributed by atoms with Crippen molar-refractivity contribution in [3.63, 3.8) is 0 Å². The lowest BCUT2D eigenvalue weighted by atomic mass is 10.2. The Bertz CT molecular complexity index is 823. The van der Waals surface area contributed by atoms with E-state index in [0.717, 1.165) is 27.4 Å². The van der Waals surface area contributed by atoms with Crippen LogP contribution in [0.15, 0.2) is 36.8 Å². The van der Waals surface area contributed by atoms with Crippen LogP contribution in [0.2, 0.25) is 5.02 Å². The van der Waals surface area contributed by atoms with Crippen molar-refractivity contribution in [2.75, 3.05) is 5.32 Å². The number of aromatic nitrogens is 4. The summed E-state index contributed by atoms with van der Waals surface area (Å²) < 4.78 is 1.87. The highest BCUT2D eigenvalue weighted by Gasteiger charge is 2.17. The van der Waals surface area contributed by atoms with Gasteiger partial charge in [0.2, 0.25) is 0 Å². The lowest BCUT2D eigenvalue weighted by Gasteiger charge is -2.12. The Balaban J connectivity index is 1.65. The van der Waals surface area contributed by atoms with Gasteiger partial charge >= 0.3 is 0 Å². The Hall–Kier alpha value is -2.14. The third kappa shape index (κ3) is 2.88. The standard InChI is InChI=1S/C17H18ClN5/c18-15-8-4-1-5-12(15)10-23-17-14(9-21-23)16(19-11-20-17)22-13-6-2-3-7-13/h1,4-5,8-9,11,13H,2-3,6-7,10H2,(H,19,20,22). The van der Waals surface area contributed by atoms with Crippen molar-refractivity contribution in [1.29, 1.82) is 0 Å². The minimum Gasteiger partial charge on any atom is -0.367 e. The molecule has 1 N–H and O–H groups in total. The molecule has 0 saturated heterocycles.